The van der Waals surface area contributed by atoms with E-state index in [0.29, 0.717) is 12.4 Å². The fourth-order valence-corrected chi connectivity index (χ4v) is 4.01. The molecule has 28 heavy (non-hydrogen) atoms. The molecule has 4 rings (SSSR count). The van der Waals surface area contributed by atoms with Gasteiger partial charge in [0, 0.05) is 49.9 Å². The Hall–Kier alpha value is -2.38. The number of aromatic nitrogens is 2. The zero-order valence-corrected chi connectivity index (χ0v) is 16.4. The van der Waals surface area contributed by atoms with Crippen LogP contribution in [0.25, 0.3) is 0 Å². The summed E-state index contributed by atoms with van der Waals surface area (Å²) < 4.78 is 13.3. The highest BCUT2D eigenvalue weighted by Gasteiger charge is 2.27. The Morgan fingerprint density at radius 3 is 3.04 bits per heavy atom. The highest BCUT2D eigenvalue weighted by molar-refractivity contribution is 5.77. The highest BCUT2D eigenvalue weighted by Crippen LogP contribution is 2.23. The topological polar surface area (TPSA) is 68.6 Å². The molecule has 7 nitrogen and oxygen atoms in total. The van der Waals surface area contributed by atoms with Crippen molar-refractivity contribution < 1.29 is 14.3 Å². The lowest BCUT2D eigenvalue weighted by atomic mass is 10.1. The van der Waals surface area contributed by atoms with Crippen LogP contribution < -0.4 is 10.1 Å². The van der Waals surface area contributed by atoms with E-state index in [4.69, 9.17) is 14.6 Å². The maximum absolute atomic E-state index is 12.2. The Morgan fingerprint density at radius 1 is 1.36 bits per heavy atom. The predicted octanol–water partition coefficient (Wildman–Crippen LogP) is 1.75. The molecule has 1 aromatic carbocycles. The fraction of sp³-hybridized carbons (Fsp3) is 0.524. The molecule has 0 saturated carbocycles. The number of nitrogens with one attached hydrogen (secondary N) is 1. The number of carbonyl (C=O) groups excluding carboxylic acids is 1. The van der Waals surface area contributed by atoms with Crippen LogP contribution in [0.15, 0.2) is 30.3 Å². The minimum Gasteiger partial charge on any atom is -0.484 e. The summed E-state index contributed by atoms with van der Waals surface area (Å²) in [6, 6.07) is 9.58. The minimum absolute atomic E-state index is 0.0479. The van der Waals surface area contributed by atoms with Gasteiger partial charge >= 0.3 is 0 Å². The average molecular weight is 384 g/mol. The van der Waals surface area contributed by atoms with E-state index in [1.54, 1.807) is 0 Å². The van der Waals surface area contributed by atoms with Gasteiger partial charge in [0.05, 0.1) is 18.9 Å². The molecule has 1 N–H and O–H groups in total. The van der Waals surface area contributed by atoms with E-state index in [0.717, 1.165) is 51.3 Å². The first-order valence-electron chi connectivity index (χ1n) is 10.1. The van der Waals surface area contributed by atoms with Gasteiger partial charge < -0.3 is 14.8 Å². The van der Waals surface area contributed by atoms with E-state index in [-0.39, 0.29) is 18.6 Å². The van der Waals surface area contributed by atoms with Crippen molar-refractivity contribution in [3.63, 3.8) is 0 Å². The molecule has 2 aromatic rings. The molecule has 1 atom stereocenters. The Balaban J connectivity index is 1.28. The van der Waals surface area contributed by atoms with Gasteiger partial charge in [-0.3, -0.25) is 14.4 Å². The highest BCUT2D eigenvalue weighted by atomic mass is 16.5. The van der Waals surface area contributed by atoms with E-state index >= 15 is 0 Å². The van der Waals surface area contributed by atoms with E-state index in [1.165, 1.54) is 11.3 Å². The van der Waals surface area contributed by atoms with Crippen molar-refractivity contribution in [3.8, 4) is 5.75 Å². The first-order valence-corrected chi connectivity index (χ1v) is 10.1. The Bertz CT molecular complexity index is 805. The summed E-state index contributed by atoms with van der Waals surface area (Å²) in [6.07, 6.45) is 1.89. The van der Waals surface area contributed by atoms with Crippen molar-refractivity contribution in [2.24, 2.45) is 0 Å². The number of fused-ring (bicyclic) bond motifs is 1. The number of hydrogen-bond acceptors (Lipinski definition) is 5. The summed E-state index contributed by atoms with van der Waals surface area (Å²) in [5.74, 6) is 0.640. The molecule has 7 heteroatoms. The predicted molar refractivity (Wildman–Crippen MR) is 105 cm³/mol. The molecule has 3 heterocycles. The number of benzene rings is 1. The smallest absolute Gasteiger partial charge is 0.258 e. The molecule has 0 spiro atoms. The third-order valence-electron chi connectivity index (χ3n) is 5.40. The molecule has 150 valence electrons. The van der Waals surface area contributed by atoms with E-state index in [2.05, 4.69) is 21.8 Å². The first kappa shape index (κ1) is 19.0. The summed E-state index contributed by atoms with van der Waals surface area (Å²) in [7, 11) is 0. The van der Waals surface area contributed by atoms with Crippen LogP contribution in [0.5, 0.6) is 5.75 Å². The van der Waals surface area contributed by atoms with Crippen molar-refractivity contribution in [1.82, 2.24) is 20.0 Å². The number of carbonyl (C=O) groups is 1. The summed E-state index contributed by atoms with van der Waals surface area (Å²) in [5, 5.41) is 7.90. The number of likely N-dealkylation sites (tertiary alicyclic amines) is 1. The van der Waals surface area contributed by atoms with Crippen molar-refractivity contribution >= 4 is 5.91 Å². The van der Waals surface area contributed by atoms with Crippen LogP contribution in [-0.4, -0.2) is 52.9 Å². The number of ether oxygens (including phenoxy) is 2. The number of amides is 1. The van der Waals surface area contributed by atoms with Crippen molar-refractivity contribution in [3.05, 3.63) is 47.3 Å². The van der Waals surface area contributed by atoms with Gasteiger partial charge in [0.15, 0.2) is 6.61 Å². The summed E-state index contributed by atoms with van der Waals surface area (Å²) in [6.45, 7) is 7.12. The van der Waals surface area contributed by atoms with Gasteiger partial charge in [-0.1, -0.05) is 18.2 Å². The van der Waals surface area contributed by atoms with Gasteiger partial charge in [-0.15, -0.1) is 0 Å². The normalized spacial score (nSPS) is 19.4. The van der Waals surface area contributed by atoms with E-state index < -0.39 is 0 Å². The Kier molecular flexibility index (Phi) is 5.92. The lowest BCUT2D eigenvalue weighted by molar-refractivity contribution is -0.123. The van der Waals surface area contributed by atoms with Crippen LogP contribution >= 0.6 is 0 Å². The first-order chi connectivity index (χ1) is 13.7. The molecule has 1 unspecified atom stereocenters. The summed E-state index contributed by atoms with van der Waals surface area (Å²) >= 11 is 0. The third kappa shape index (κ3) is 4.36. The number of nitrogens with zero attached hydrogens (tertiary/aromatic N) is 3. The molecule has 1 saturated heterocycles. The van der Waals surface area contributed by atoms with E-state index in [1.807, 2.05) is 30.3 Å². The fourth-order valence-electron chi connectivity index (χ4n) is 4.01. The zero-order chi connectivity index (χ0) is 19.3. The molecular weight excluding hydrogens is 356 g/mol. The minimum atomic E-state index is -0.0725. The zero-order valence-electron chi connectivity index (χ0n) is 16.4. The largest absolute Gasteiger partial charge is 0.484 e. The van der Waals surface area contributed by atoms with Crippen LogP contribution in [0, 0.1) is 0 Å². The van der Waals surface area contributed by atoms with Crippen LogP contribution in [0.4, 0.5) is 0 Å². The average Bonchev–Trinajstić information content (AvgIpc) is 3.32. The number of aryl methyl sites for hydroxylation is 1. The summed E-state index contributed by atoms with van der Waals surface area (Å²) in [4.78, 5) is 14.5. The van der Waals surface area contributed by atoms with Crippen LogP contribution in [0.1, 0.15) is 30.3 Å². The van der Waals surface area contributed by atoms with Gasteiger partial charge in [0.1, 0.15) is 5.75 Å². The van der Waals surface area contributed by atoms with E-state index in [9.17, 15) is 4.79 Å². The number of para-hydroxylation sites is 1. The Morgan fingerprint density at radius 2 is 2.21 bits per heavy atom. The molecule has 1 fully saturated rings. The van der Waals surface area contributed by atoms with Gasteiger partial charge in [-0.25, -0.2) is 0 Å². The second kappa shape index (κ2) is 8.75. The molecule has 0 radical (unpaired) electrons. The summed E-state index contributed by atoms with van der Waals surface area (Å²) in [5.41, 5.74) is 3.71. The number of rotatable bonds is 7. The van der Waals surface area contributed by atoms with Crippen molar-refractivity contribution in [2.75, 3.05) is 26.3 Å². The Labute approximate surface area is 165 Å². The van der Waals surface area contributed by atoms with Crippen molar-refractivity contribution in [2.45, 2.75) is 45.5 Å². The van der Waals surface area contributed by atoms with Crippen LogP contribution in [0.3, 0.4) is 0 Å². The molecule has 1 aromatic heterocycles. The van der Waals surface area contributed by atoms with Gasteiger partial charge in [0.25, 0.3) is 5.91 Å². The van der Waals surface area contributed by atoms with Gasteiger partial charge in [-0.2, -0.15) is 5.10 Å². The molecule has 0 aliphatic carbocycles. The SMILES string of the molecule is CCn1nc(CN2CCC(NC(=O)COc3ccccc3)C2)c2c1CCOC2. The van der Waals surface area contributed by atoms with Crippen molar-refractivity contribution in [1.29, 1.82) is 0 Å². The molecule has 0 bridgehead atoms. The lowest BCUT2D eigenvalue weighted by Gasteiger charge is -2.18. The monoisotopic (exact) mass is 384 g/mol. The maximum atomic E-state index is 12.2. The standard InChI is InChI=1S/C21H28N4O3/c1-2-25-20-9-11-27-14-18(20)19(23-25)13-24-10-8-16(12-24)22-21(26)15-28-17-6-4-3-5-7-17/h3-7,16H,2,8-15H2,1H3,(H,22,26). The maximum Gasteiger partial charge on any atom is 0.258 e. The second-order valence-corrected chi connectivity index (χ2v) is 7.38. The molecular formula is C21H28N4O3. The molecule has 1 amide bonds. The molecule has 2 aliphatic rings. The van der Waals surface area contributed by atoms with Crippen LogP contribution in [-0.2, 0) is 35.6 Å². The third-order valence-corrected chi connectivity index (χ3v) is 5.40. The quantitative estimate of drug-likeness (QED) is 0.788. The van der Waals surface area contributed by atoms with Gasteiger partial charge in [0.2, 0.25) is 0 Å². The molecule has 2 aliphatic heterocycles. The number of hydrogen-bond donors (Lipinski definition) is 1. The van der Waals surface area contributed by atoms with Crippen LogP contribution in [0.2, 0.25) is 0 Å². The van der Waals surface area contributed by atoms with Gasteiger partial charge in [-0.05, 0) is 25.5 Å². The lowest BCUT2D eigenvalue weighted by Crippen LogP contribution is -2.39. The second-order valence-electron chi connectivity index (χ2n) is 7.38.